The fourth-order valence-corrected chi connectivity index (χ4v) is 2.77. The molecule has 1 aliphatic carbocycles. The van der Waals surface area contributed by atoms with E-state index in [1.165, 1.54) is 0 Å². The fourth-order valence-electron chi connectivity index (χ4n) is 2.77. The van der Waals surface area contributed by atoms with Gasteiger partial charge in [0.25, 0.3) is 0 Å². The molecule has 0 spiro atoms. The van der Waals surface area contributed by atoms with Crippen molar-refractivity contribution in [2.75, 3.05) is 17.7 Å². The number of aryl methyl sites for hydroxylation is 1. The van der Waals surface area contributed by atoms with Gasteiger partial charge in [-0.15, -0.1) is 0 Å². The number of nitrogens with one attached hydrogen (secondary N) is 1. The van der Waals surface area contributed by atoms with Gasteiger partial charge in [-0.25, -0.2) is 0 Å². The molecule has 1 aromatic rings. The van der Waals surface area contributed by atoms with E-state index in [1.54, 1.807) is 6.07 Å². The van der Waals surface area contributed by atoms with Gasteiger partial charge in [-0.2, -0.15) is 0 Å². The highest BCUT2D eigenvalue weighted by molar-refractivity contribution is 5.95. The predicted octanol–water partition coefficient (Wildman–Crippen LogP) is 3.50. The normalized spacial score (nSPS) is 18.4. The van der Waals surface area contributed by atoms with E-state index >= 15 is 0 Å². The summed E-state index contributed by atoms with van der Waals surface area (Å²) in [5, 5.41) is 2.85. The zero-order valence-corrected chi connectivity index (χ0v) is 13.2. The summed E-state index contributed by atoms with van der Waals surface area (Å²) < 4.78 is 5.74. The Balaban J connectivity index is 1.81. The van der Waals surface area contributed by atoms with E-state index in [0.29, 0.717) is 16.8 Å². The third-order valence-corrected chi connectivity index (χ3v) is 4.31. The molecular weight excluding hydrogens is 264 g/mol. The Hall–Kier alpha value is -1.55. The number of nitrogens with two attached hydrogens (primary N) is 1. The number of anilines is 2. The lowest BCUT2D eigenvalue weighted by Gasteiger charge is -2.34. The van der Waals surface area contributed by atoms with E-state index in [1.807, 2.05) is 19.1 Å². The molecule has 0 aromatic heterocycles. The second-order valence-corrected chi connectivity index (χ2v) is 6.76. The summed E-state index contributed by atoms with van der Waals surface area (Å²) in [6, 6.07) is 5.59. The van der Waals surface area contributed by atoms with Gasteiger partial charge in [-0.1, -0.05) is 26.0 Å². The van der Waals surface area contributed by atoms with E-state index < -0.39 is 0 Å². The van der Waals surface area contributed by atoms with Gasteiger partial charge in [0.15, 0.2) is 0 Å². The van der Waals surface area contributed by atoms with E-state index in [-0.39, 0.29) is 18.6 Å². The van der Waals surface area contributed by atoms with Gasteiger partial charge < -0.3 is 15.8 Å². The first-order chi connectivity index (χ1) is 9.87. The van der Waals surface area contributed by atoms with Gasteiger partial charge in [0, 0.05) is 0 Å². The molecule has 4 heteroatoms. The number of amides is 1. The van der Waals surface area contributed by atoms with Crippen molar-refractivity contribution in [1.29, 1.82) is 0 Å². The summed E-state index contributed by atoms with van der Waals surface area (Å²) in [7, 11) is 0. The average molecular weight is 290 g/mol. The number of rotatable bonds is 4. The summed E-state index contributed by atoms with van der Waals surface area (Å²) in [4.78, 5) is 12.0. The molecule has 1 aliphatic rings. The summed E-state index contributed by atoms with van der Waals surface area (Å²) >= 11 is 0. The molecule has 0 saturated heterocycles. The van der Waals surface area contributed by atoms with Crippen LogP contribution >= 0.6 is 0 Å². The lowest BCUT2D eigenvalue weighted by molar-refractivity contribution is -0.123. The fraction of sp³-hybridized carbons (Fsp3) is 0.588. The molecule has 1 amide bonds. The Bertz CT molecular complexity index is 481. The quantitative estimate of drug-likeness (QED) is 0.834. The summed E-state index contributed by atoms with van der Waals surface area (Å²) in [6.45, 7) is 6.60. The van der Waals surface area contributed by atoms with Crippen molar-refractivity contribution in [3.05, 3.63) is 23.8 Å². The maximum absolute atomic E-state index is 12.0. The molecule has 0 heterocycles. The monoisotopic (exact) mass is 290 g/mol. The number of carbonyl (C=O) groups excluding carboxylic acids is 1. The maximum Gasteiger partial charge on any atom is 0.250 e. The van der Waals surface area contributed by atoms with Crippen molar-refractivity contribution in [1.82, 2.24) is 0 Å². The molecule has 0 bridgehead atoms. The minimum Gasteiger partial charge on any atom is -0.397 e. The second-order valence-electron chi connectivity index (χ2n) is 6.76. The first kappa shape index (κ1) is 15.8. The number of hydrogen-bond donors (Lipinski definition) is 2. The number of benzene rings is 1. The molecule has 1 saturated carbocycles. The van der Waals surface area contributed by atoms with Crippen LogP contribution in [0.2, 0.25) is 0 Å². The van der Waals surface area contributed by atoms with Crippen LogP contribution in [0, 0.1) is 12.3 Å². The Morgan fingerprint density at radius 1 is 1.38 bits per heavy atom. The predicted molar refractivity (Wildman–Crippen MR) is 86.2 cm³/mol. The summed E-state index contributed by atoms with van der Waals surface area (Å²) in [5.74, 6) is -0.138. The van der Waals surface area contributed by atoms with Crippen molar-refractivity contribution < 1.29 is 9.53 Å². The van der Waals surface area contributed by atoms with Gasteiger partial charge in [-0.3, -0.25) is 4.79 Å². The van der Waals surface area contributed by atoms with Crippen molar-refractivity contribution in [3.8, 4) is 0 Å². The topological polar surface area (TPSA) is 64.3 Å². The summed E-state index contributed by atoms with van der Waals surface area (Å²) in [5.41, 5.74) is 8.53. The zero-order chi connectivity index (χ0) is 15.5. The molecule has 0 unspecified atom stereocenters. The van der Waals surface area contributed by atoms with Gasteiger partial charge in [0.2, 0.25) is 5.91 Å². The molecule has 3 N–H and O–H groups in total. The SMILES string of the molecule is Cc1cccc(N)c1NC(=O)COC1CCC(C)(C)CC1. The minimum absolute atomic E-state index is 0.0961. The first-order valence-corrected chi connectivity index (χ1v) is 7.64. The van der Waals surface area contributed by atoms with Gasteiger partial charge in [-0.05, 0) is 49.7 Å². The minimum atomic E-state index is -0.138. The van der Waals surface area contributed by atoms with Crippen molar-refractivity contribution in [2.24, 2.45) is 5.41 Å². The van der Waals surface area contributed by atoms with Crippen LogP contribution in [0.5, 0.6) is 0 Å². The number of nitrogen functional groups attached to an aromatic ring is 1. The van der Waals surface area contributed by atoms with Crippen LogP contribution in [-0.4, -0.2) is 18.6 Å². The van der Waals surface area contributed by atoms with Crippen LogP contribution in [-0.2, 0) is 9.53 Å². The maximum atomic E-state index is 12.0. The van der Waals surface area contributed by atoms with Crippen LogP contribution < -0.4 is 11.1 Å². The lowest BCUT2D eigenvalue weighted by atomic mass is 9.76. The molecule has 21 heavy (non-hydrogen) atoms. The number of hydrogen-bond acceptors (Lipinski definition) is 3. The van der Waals surface area contributed by atoms with Crippen LogP contribution in [0.1, 0.15) is 45.1 Å². The van der Waals surface area contributed by atoms with E-state index in [4.69, 9.17) is 10.5 Å². The molecule has 0 atom stereocenters. The van der Waals surface area contributed by atoms with Crippen LogP contribution in [0.15, 0.2) is 18.2 Å². The van der Waals surface area contributed by atoms with Crippen LogP contribution in [0.3, 0.4) is 0 Å². The highest BCUT2D eigenvalue weighted by atomic mass is 16.5. The standard InChI is InChI=1S/C17H26N2O2/c1-12-5-4-6-14(18)16(12)19-15(20)11-21-13-7-9-17(2,3)10-8-13/h4-6,13H,7-11,18H2,1-3H3,(H,19,20). The Morgan fingerprint density at radius 2 is 2.05 bits per heavy atom. The molecule has 116 valence electrons. The molecule has 2 rings (SSSR count). The Kier molecular flexibility index (Phi) is 4.88. The highest BCUT2D eigenvalue weighted by Gasteiger charge is 2.27. The number of para-hydroxylation sites is 1. The molecule has 1 aromatic carbocycles. The highest BCUT2D eigenvalue weighted by Crippen LogP contribution is 2.36. The van der Waals surface area contributed by atoms with E-state index in [9.17, 15) is 4.79 Å². The average Bonchev–Trinajstić information content (AvgIpc) is 2.42. The number of carbonyl (C=O) groups is 1. The molecular formula is C17H26N2O2. The molecule has 0 radical (unpaired) electrons. The smallest absolute Gasteiger partial charge is 0.250 e. The third-order valence-electron chi connectivity index (χ3n) is 4.31. The number of ether oxygens (including phenoxy) is 1. The molecule has 4 nitrogen and oxygen atoms in total. The van der Waals surface area contributed by atoms with Gasteiger partial charge in [0.1, 0.15) is 6.61 Å². The molecule has 1 fully saturated rings. The second kappa shape index (κ2) is 6.48. The Labute approximate surface area is 127 Å². The lowest BCUT2D eigenvalue weighted by Crippen LogP contribution is -2.29. The molecule has 0 aliphatic heterocycles. The first-order valence-electron chi connectivity index (χ1n) is 7.64. The third kappa shape index (κ3) is 4.46. The van der Waals surface area contributed by atoms with Gasteiger partial charge >= 0.3 is 0 Å². The van der Waals surface area contributed by atoms with Gasteiger partial charge in [0.05, 0.1) is 17.5 Å². The van der Waals surface area contributed by atoms with Crippen LogP contribution in [0.4, 0.5) is 11.4 Å². The Morgan fingerprint density at radius 3 is 2.67 bits per heavy atom. The van der Waals surface area contributed by atoms with Crippen molar-refractivity contribution >= 4 is 17.3 Å². The van der Waals surface area contributed by atoms with Crippen molar-refractivity contribution in [3.63, 3.8) is 0 Å². The summed E-state index contributed by atoms with van der Waals surface area (Å²) in [6.07, 6.45) is 4.59. The largest absolute Gasteiger partial charge is 0.397 e. The van der Waals surface area contributed by atoms with E-state index in [2.05, 4.69) is 19.2 Å². The van der Waals surface area contributed by atoms with E-state index in [0.717, 1.165) is 31.2 Å². The van der Waals surface area contributed by atoms with Crippen LogP contribution in [0.25, 0.3) is 0 Å². The zero-order valence-electron chi connectivity index (χ0n) is 13.2. The van der Waals surface area contributed by atoms with Crippen molar-refractivity contribution in [2.45, 2.75) is 52.6 Å².